The van der Waals surface area contributed by atoms with Crippen LogP contribution in [0.2, 0.25) is 0 Å². The van der Waals surface area contributed by atoms with Crippen LogP contribution in [0.25, 0.3) is 21.9 Å². The number of fused-ring (bicyclic) bond motifs is 2. The van der Waals surface area contributed by atoms with Crippen LogP contribution in [-0.4, -0.2) is 0 Å². The van der Waals surface area contributed by atoms with E-state index in [1.807, 2.05) is 0 Å². The van der Waals surface area contributed by atoms with Crippen molar-refractivity contribution in [3.05, 3.63) is 84.0 Å². The molecule has 20 heavy (non-hydrogen) atoms. The van der Waals surface area contributed by atoms with E-state index >= 15 is 0 Å². The number of hydrogen-bond donors (Lipinski definition) is 0. The summed E-state index contributed by atoms with van der Waals surface area (Å²) in [6, 6.07) is 13.4. The molecule has 0 radical (unpaired) electrons. The zero-order valence-electron chi connectivity index (χ0n) is 11.1. The lowest BCUT2D eigenvalue weighted by Gasteiger charge is -2.37. The fraction of sp³-hybridized carbons (Fsp3) is 0.100. The quantitative estimate of drug-likeness (QED) is 0.621. The highest BCUT2D eigenvalue weighted by molar-refractivity contribution is 6.09. The molecule has 0 aromatic heterocycles. The zero-order chi connectivity index (χ0) is 13.1. The molecule has 0 saturated heterocycles. The van der Waals surface area contributed by atoms with Crippen LogP contribution in [0.3, 0.4) is 0 Å². The number of rotatable bonds is 0. The normalized spacial score (nSPS) is 25.2. The van der Waals surface area contributed by atoms with Gasteiger partial charge in [-0.15, -0.1) is 0 Å². The minimum absolute atomic E-state index is 0.505. The lowest BCUT2D eigenvalue weighted by atomic mass is 9.66. The average Bonchev–Trinajstić information content (AvgIpc) is 2.52. The first-order chi connectivity index (χ1) is 9.93. The summed E-state index contributed by atoms with van der Waals surface area (Å²) in [6.07, 6.45) is 13.7. The standard InChI is InChI=1S/C20H14/c1-5-13-6-2-11-17-18-12-4-8-14-7-3-10-16(20(14)18)15(9-1)19(13)17/h1-13,19H. The molecule has 5 rings (SSSR count). The summed E-state index contributed by atoms with van der Waals surface area (Å²) in [5.74, 6) is 1.02. The van der Waals surface area contributed by atoms with Gasteiger partial charge in [0.1, 0.15) is 0 Å². The molecule has 0 atom stereocenters. The largest absolute Gasteiger partial charge is 0.0767 e. The van der Waals surface area contributed by atoms with Gasteiger partial charge in [0.25, 0.3) is 0 Å². The SMILES string of the molecule is C1=CC2C=CC=C3c4cccc5cccc(c45)C(=C1)C32. The van der Waals surface area contributed by atoms with Crippen LogP contribution < -0.4 is 0 Å². The summed E-state index contributed by atoms with van der Waals surface area (Å²) >= 11 is 0. The Hall–Kier alpha value is -2.34. The number of benzene rings is 2. The Kier molecular flexibility index (Phi) is 1.88. The molecule has 0 heterocycles. The van der Waals surface area contributed by atoms with Crippen LogP contribution in [0, 0.1) is 11.8 Å². The smallest absolute Gasteiger partial charge is 0.0199 e. The van der Waals surface area contributed by atoms with Gasteiger partial charge < -0.3 is 0 Å². The number of allylic oxidation sites excluding steroid dienone is 8. The van der Waals surface area contributed by atoms with Crippen molar-refractivity contribution >= 4 is 21.9 Å². The van der Waals surface area contributed by atoms with Gasteiger partial charge in [-0.1, -0.05) is 72.9 Å². The first kappa shape index (κ1) is 10.4. The van der Waals surface area contributed by atoms with Crippen LogP contribution in [0.4, 0.5) is 0 Å². The van der Waals surface area contributed by atoms with Gasteiger partial charge in [0, 0.05) is 11.8 Å². The minimum Gasteiger partial charge on any atom is -0.0767 e. The topological polar surface area (TPSA) is 0 Å². The van der Waals surface area contributed by atoms with Crippen molar-refractivity contribution < 1.29 is 0 Å². The molecule has 0 saturated carbocycles. The predicted molar refractivity (Wildman–Crippen MR) is 85.2 cm³/mol. The summed E-state index contributed by atoms with van der Waals surface area (Å²) in [6.45, 7) is 0. The second kappa shape index (κ2) is 3.61. The maximum atomic E-state index is 2.33. The molecule has 0 N–H and O–H groups in total. The third-order valence-electron chi connectivity index (χ3n) is 4.80. The summed E-state index contributed by atoms with van der Waals surface area (Å²) in [5, 5.41) is 2.77. The first-order valence-electron chi connectivity index (χ1n) is 7.23. The Morgan fingerprint density at radius 1 is 0.700 bits per heavy atom. The monoisotopic (exact) mass is 254 g/mol. The molecule has 0 heteroatoms. The highest BCUT2D eigenvalue weighted by Gasteiger charge is 2.35. The van der Waals surface area contributed by atoms with Crippen molar-refractivity contribution in [3.63, 3.8) is 0 Å². The highest BCUT2D eigenvalue weighted by Crippen LogP contribution is 2.51. The van der Waals surface area contributed by atoms with Gasteiger partial charge in [-0.2, -0.15) is 0 Å². The molecule has 0 unspecified atom stereocenters. The predicted octanol–water partition coefficient (Wildman–Crippen LogP) is 4.99. The van der Waals surface area contributed by atoms with Crippen molar-refractivity contribution in [1.29, 1.82) is 0 Å². The highest BCUT2D eigenvalue weighted by atomic mass is 14.4. The van der Waals surface area contributed by atoms with Crippen molar-refractivity contribution in [2.45, 2.75) is 0 Å². The molecule has 0 spiro atoms. The lowest BCUT2D eigenvalue weighted by molar-refractivity contribution is 0.693. The fourth-order valence-electron chi connectivity index (χ4n) is 3.99. The third-order valence-corrected chi connectivity index (χ3v) is 4.80. The Bertz CT molecular complexity index is 792. The van der Waals surface area contributed by atoms with Crippen molar-refractivity contribution in [2.75, 3.05) is 0 Å². The Balaban J connectivity index is 1.99. The molecule has 0 fully saturated rings. The maximum absolute atomic E-state index is 2.33. The van der Waals surface area contributed by atoms with Gasteiger partial charge in [-0.05, 0) is 33.0 Å². The minimum atomic E-state index is 0.505. The second-order valence-corrected chi connectivity index (χ2v) is 5.78. The summed E-state index contributed by atoms with van der Waals surface area (Å²) in [5.41, 5.74) is 5.81. The van der Waals surface area contributed by atoms with E-state index in [-0.39, 0.29) is 0 Å². The van der Waals surface area contributed by atoms with E-state index in [2.05, 4.69) is 72.9 Å². The van der Waals surface area contributed by atoms with Gasteiger partial charge in [-0.3, -0.25) is 0 Å². The molecule has 0 aliphatic heterocycles. The van der Waals surface area contributed by atoms with Gasteiger partial charge in [0.15, 0.2) is 0 Å². The maximum Gasteiger partial charge on any atom is 0.0199 e. The van der Waals surface area contributed by atoms with E-state index in [1.165, 1.54) is 33.0 Å². The first-order valence-corrected chi connectivity index (χ1v) is 7.23. The van der Waals surface area contributed by atoms with Crippen molar-refractivity contribution in [2.24, 2.45) is 11.8 Å². The number of hydrogen-bond acceptors (Lipinski definition) is 0. The molecule has 0 bridgehead atoms. The van der Waals surface area contributed by atoms with Crippen LogP contribution in [-0.2, 0) is 0 Å². The van der Waals surface area contributed by atoms with E-state index in [9.17, 15) is 0 Å². The third kappa shape index (κ3) is 1.17. The van der Waals surface area contributed by atoms with Gasteiger partial charge in [0.2, 0.25) is 0 Å². The van der Waals surface area contributed by atoms with Crippen LogP contribution >= 0.6 is 0 Å². The van der Waals surface area contributed by atoms with Gasteiger partial charge in [-0.25, -0.2) is 0 Å². The molecule has 94 valence electrons. The summed E-state index contributed by atoms with van der Waals surface area (Å²) in [7, 11) is 0. The van der Waals surface area contributed by atoms with Crippen LogP contribution in [0.15, 0.2) is 72.9 Å². The molecule has 2 aromatic rings. The average molecular weight is 254 g/mol. The van der Waals surface area contributed by atoms with Gasteiger partial charge >= 0.3 is 0 Å². The molecule has 0 amide bonds. The Morgan fingerprint density at radius 2 is 1.30 bits per heavy atom. The van der Waals surface area contributed by atoms with E-state index < -0.39 is 0 Å². The lowest BCUT2D eigenvalue weighted by Crippen LogP contribution is -2.22. The van der Waals surface area contributed by atoms with Crippen molar-refractivity contribution in [3.8, 4) is 0 Å². The van der Waals surface area contributed by atoms with E-state index in [0.29, 0.717) is 11.8 Å². The zero-order valence-corrected chi connectivity index (χ0v) is 11.1. The molecular formula is C20H14. The molecule has 0 nitrogen and oxygen atoms in total. The van der Waals surface area contributed by atoms with Crippen molar-refractivity contribution in [1.82, 2.24) is 0 Å². The molecule has 3 aliphatic rings. The Morgan fingerprint density at radius 3 is 1.90 bits per heavy atom. The molecule has 3 aliphatic carbocycles. The second-order valence-electron chi connectivity index (χ2n) is 5.78. The summed E-state index contributed by atoms with van der Waals surface area (Å²) < 4.78 is 0. The molecular weight excluding hydrogens is 240 g/mol. The van der Waals surface area contributed by atoms with Crippen LogP contribution in [0.5, 0.6) is 0 Å². The van der Waals surface area contributed by atoms with Gasteiger partial charge in [0.05, 0.1) is 0 Å². The fourth-order valence-corrected chi connectivity index (χ4v) is 3.99. The molecule has 2 aromatic carbocycles. The van der Waals surface area contributed by atoms with E-state index in [4.69, 9.17) is 0 Å². The van der Waals surface area contributed by atoms with E-state index in [1.54, 1.807) is 0 Å². The van der Waals surface area contributed by atoms with E-state index in [0.717, 1.165) is 0 Å². The van der Waals surface area contributed by atoms with Crippen LogP contribution in [0.1, 0.15) is 11.1 Å². The summed E-state index contributed by atoms with van der Waals surface area (Å²) in [4.78, 5) is 0. The Labute approximate surface area is 118 Å².